The van der Waals surface area contributed by atoms with E-state index < -0.39 is 0 Å². The molecular formula is C22H38O. The lowest BCUT2D eigenvalue weighted by Crippen LogP contribution is -2.30. The minimum Gasteiger partial charge on any atom is -0.303 e. The van der Waals surface area contributed by atoms with Crippen LogP contribution in [0.25, 0.3) is 0 Å². The minimum atomic E-state index is 0.390. The van der Waals surface area contributed by atoms with Gasteiger partial charge in [-0.05, 0) is 93.8 Å². The predicted molar refractivity (Wildman–Crippen MR) is 97.3 cm³/mol. The Labute approximate surface area is 144 Å². The molecule has 1 heteroatoms. The van der Waals surface area contributed by atoms with Crippen molar-refractivity contribution < 1.29 is 4.79 Å². The first-order valence-corrected chi connectivity index (χ1v) is 10.8. The Morgan fingerprint density at radius 2 is 1.04 bits per heavy atom. The topological polar surface area (TPSA) is 17.1 Å². The predicted octanol–water partition coefficient (Wildman–Crippen LogP) is 6.40. The molecule has 0 saturated heterocycles. The SMILES string of the molecule is CCC[C@H]1CC[C@H]([C@H]2CC[C@H]([C@H]3CC[C@H](C=O)CC3)CC2)CC1. The average molecular weight is 319 g/mol. The molecule has 0 unspecified atom stereocenters. The Morgan fingerprint density at radius 3 is 1.43 bits per heavy atom. The van der Waals surface area contributed by atoms with Crippen LogP contribution in [0.3, 0.4) is 0 Å². The number of aldehydes is 1. The van der Waals surface area contributed by atoms with Gasteiger partial charge in [-0.15, -0.1) is 0 Å². The molecule has 0 atom stereocenters. The van der Waals surface area contributed by atoms with Crippen LogP contribution in [0.1, 0.15) is 96.8 Å². The Balaban J connectivity index is 1.38. The van der Waals surface area contributed by atoms with Crippen LogP contribution in [0.2, 0.25) is 0 Å². The second kappa shape index (κ2) is 8.67. The Kier molecular flexibility index (Phi) is 6.60. The molecule has 0 radical (unpaired) electrons. The van der Waals surface area contributed by atoms with Gasteiger partial charge in [-0.25, -0.2) is 0 Å². The van der Waals surface area contributed by atoms with Crippen molar-refractivity contribution in [3.63, 3.8) is 0 Å². The van der Waals surface area contributed by atoms with Crippen LogP contribution in [-0.2, 0) is 4.79 Å². The molecule has 3 rings (SSSR count). The second-order valence-corrected chi connectivity index (χ2v) is 9.06. The Morgan fingerprint density at radius 1 is 0.652 bits per heavy atom. The van der Waals surface area contributed by atoms with Crippen LogP contribution in [-0.4, -0.2) is 6.29 Å². The van der Waals surface area contributed by atoms with Gasteiger partial charge in [0, 0.05) is 5.92 Å². The van der Waals surface area contributed by atoms with Crippen LogP contribution in [0.15, 0.2) is 0 Å². The summed E-state index contributed by atoms with van der Waals surface area (Å²) in [6, 6.07) is 0. The maximum absolute atomic E-state index is 10.9. The fourth-order valence-electron chi connectivity index (χ4n) is 6.20. The van der Waals surface area contributed by atoms with E-state index in [4.69, 9.17) is 0 Å². The van der Waals surface area contributed by atoms with E-state index in [2.05, 4.69) is 6.92 Å². The first-order valence-electron chi connectivity index (χ1n) is 10.8. The molecular weight excluding hydrogens is 280 g/mol. The molecule has 3 saturated carbocycles. The van der Waals surface area contributed by atoms with Gasteiger partial charge in [0.05, 0.1) is 0 Å². The molecule has 0 aromatic carbocycles. The van der Waals surface area contributed by atoms with Gasteiger partial charge in [0.1, 0.15) is 6.29 Å². The average Bonchev–Trinajstić information content (AvgIpc) is 2.63. The molecule has 3 aliphatic rings. The van der Waals surface area contributed by atoms with E-state index in [0.29, 0.717) is 5.92 Å². The molecule has 1 nitrogen and oxygen atoms in total. The maximum atomic E-state index is 10.9. The molecule has 0 aliphatic heterocycles. The first kappa shape index (κ1) is 17.5. The van der Waals surface area contributed by atoms with Gasteiger partial charge in [-0.2, -0.15) is 0 Å². The van der Waals surface area contributed by atoms with Gasteiger partial charge in [0.15, 0.2) is 0 Å². The highest BCUT2D eigenvalue weighted by Crippen LogP contribution is 2.46. The van der Waals surface area contributed by atoms with Crippen molar-refractivity contribution in [2.75, 3.05) is 0 Å². The molecule has 0 heterocycles. The monoisotopic (exact) mass is 318 g/mol. The van der Waals surface area contributed by atoms with Crippen molar-refractivity contribution in [1.82, 2.24) is 0 Å². The molecule has 23 heavy (non-hydrogen) atoms. The molecule has 0 amide bonds. The number of carbonyl (C=O) groups excluding carboxylic acids is 1. The number of carbonyl (C=O) groups is 1. The summed E-state index contributed by atoms with van der Waals surface area (Å²) < 4.78 is 0. The standard InChI is InChI=1S/C22H38O/c1-2-3-17-4-8-19(9-5-17)21-12-14-22(15-13-21)20-10-6-18(16-23)7-11-20/h16-22H,2-15H2,1H3/t17-,18-,19-,20-,21-,22-. The van der Waals surface area contributed by atoms with E-state index >= 15 is 0 Å². The molecule has 3 aliphatic carbocycles. The molecule has 0 bridgehead atoms. The van der Waals surface area contributed by atoms with Gasteiger partial charge >= 0.3 is 0 Å². The van der Waals surface area contributed by atoms with Gasteiger partial charge < -0.3 is 4.79 Å². The zero-order chi connectivity index (χ0) is 16.1. The third-order valence-corrected chi connectivity index (χ3v) is 7.75. The van der Waals surface area contributed by atoms with Crippen LogP contribution in [0, 0.1) is 35.5 Å². The fourth-order valence-corrected chi connectivity index (χ4v) is 6.20. The van der Waals surface area contributed by atoms with E-state index in [1.807, 2.05) is 0 Å². The smallest absolute Gasteiger partial charge is 0.123 e. The second-order valence-electron chi connectivity index (χ2n) is 9.06. The molecule has 0 aromatic rings. The normalized spacial score (nSPS) is 42.3. The van der Waals surface area contributed by atoms with Crippen molar-refractivity contribution >= 4 is 6.29 Å². The zero-order valence-corrected chi connectivity index (χ0v) is 15.3. The summed E-state index contributed by atoms with van der Waals surface area (Å²) in [5.41, 5.74) is 0. The lowest BCUT2D eigenvalue weighted by molar-refractivity contribution is -0.112. The lowest BCUT2D eigenvalue weighted by atomic mass is 9.65. The largest absolute Gasteiger partial charge is 0.303 e. The first-order chi connectivity index (χ1) is 11.3. The summed E-state index contributed by atoms with van der Waals surface area (Å²) in [5, 5.41) is 0. The summed E-state index contributed by atoms with van der Waals surface area (Å²) in [6.45, 7) is 2.34. The van der Waals surface area contributed by atoms with Gasteiger partial charge in [-0.3, -0.25) is 0 Å². The highest BCUT2D eigenvalue weighted by Gasteiger charge is 2.34. The summed E-state index contributed by atoms with van der Waals surface area (Å²) >= 11 is 0. The van der Waals surface area contributed by atoms with E-state index in [0.717, 1.165) is 29.6 Å². The van der Waals surface area contributed by atoms with Gasteiger partial charge in [0.25, 0.3) is 0 Å². The fraction of sp³-hybridized carbons (Fsp3) is 0.955. The van der Waals surface area contributed by atoms with Gasteiger partial charge in [0.2, 0.25) is 0 Å². The minimum absolute atomic E-state index is 0.390. The zero-order valence-electron chi connectivity index (χ0n) is 15.3. The summed E-state index contributed by atoms with van der Waals surface area (Å²) in [5.74, 6) is 5.51. The van der Waals surface area contributed by atoms with Crippen LogP contribution >= 0.6 is 0 Å². The van der Waals surface area contributed by atoms with Crippen molar-refractivity contribution in [2.24, 2.45) is 35.5 Å². The molecule has 0 N–H and O–H groups in total. The van der Waals surface area contributed by atoms with Crippen molar-refractivity contribution in [3.05, 3.63) is 0 Å². The highest BCUT2D eigenvalue weighted by molar-refractivity contribution is 5.53. The highest BCUT2D eigenvalue weighted by atomic mass is 16.1. The van der Waals surface area contributed by atoms with Crippen molar-refractivity contribution in [3.8, 4) is 0 Å². The van der Waals surface area contributed by atoms with Crippen LogP contribution < -0.4 is 0 Å². The van der Waals surface area contributed by atoms with Gasteiger partial charge in [-0.1, -0.05) is 32.6 Å². The van der Waals surface area contributed by atoms with Crippen LogP contribution in [0.4, 0.5) is 0 Å². The quantitative estimate of drug-likeness (QED) is 0.536. The molecule has 0 aromatic heterocycles. The maximum Gasteiger partial charge on any atom is 0.123 e. The third-order valence-electron chi connectivity index (χ3n) is 7.75. The summed E-state index contributed by atoms with van der Waals surface area (Å²) in [7, 11) is 0. The summed E-state index contributed by atoms with van der Waals surface area (Å²) in [4.78, 5) is 10.9. The molecule has 3 fully saturated rings. The number of hydrogen-bond acceptors (Lipinski definition) is 1. The van der Waals surface area contributed by atoms with E-state index in [9.17, 15) is 4.79 Å². The third kappa shape index (κ3) is 4.60. The number of hydrogen-bond donors (Lipinski definition) is 0. The lowest BCUT2D eigenvalue weighted by Gasteiger charge is -2.41. The van der Waals surface area contributed by atoms with E-state index in [-0.39, 0.29) is 0 Å². The molecule has 0 spiro atoms. The van der Waals surface area contributed by atoms with Crippen molar-refractivity contribution in [2.45, 2.75) is 96.8 Å². The molecule has 132 valence electrons. The number of rotatable bonds is 5. The Bertz CT molecular complexity index is 339. The van der Waals surface area contributed by atoms with E-state index in [1.54, 1.807) is 0 Å². The van der Waals surface area contributed by atoms with E-state index in [1.165, 1.54) is 96.2 Å². The van der Waals surface area contributed by atoms with Crippen molar-refractivity contribution in [1.29, 1.82) is 0 Å². The summed E-state index contributed by atoms with van der Waals surface area (Å²) in [6.07, 6.45) is 21.2. The Hall–Kier alpha value is -0.330. The van der Waals surface area contributed by atoms with Crippen LogP contribution in [0.5, 0.6) is 0 Å².